The SMILES string of the molecule is CN(Cc1cccc(Cl)c1)C(=O)NCc1ccc(F)cc1. The first-order valence-corrected chi connectivity index (χ1v) is 6.90. The summed E-state index contributed by atoms with van der Waals surface area (Å²) in [6, 6.07) is 13.2. The Hall–Kier alpha value is -2.07. The van der Waals surface area contributed by atoms with Gasteiger partial charge in [0.15, 0.2) is 0 Å². The molecule has 0 aliphatic carbocycles. The van der Waals surface area contributed by atoms with Crippen molar-refractivity contribution < 1.29 is 9.18 Å². The number of hydrogen-bond acceptors (Lipinski definition) is 1. The first-order valence-electron chi connectivity index (χ1n) is 6.52. The Morgan fingerprint density at radius 2 is 1.90 bits per heavy atom. The number of rotatable bonds is 4. The van der Waals surface area contributed by atoms with Gasteiger partial charge in [-0.1, -0.05) is 35.9 Å². The van der Waals surface area contributed by atoms with Crippen LogP contribution in [0.3, 0.4) is 0 Å². The van der Waals surface area contributed by atoms with Gasteiger partial charge in [0.25, 0.3) is 0 Å². The van der Waals surface area contributed by atoms with E-state index in [9.17, 15) is 9.18 Å². The maximum absolute atomic E-state index is 12.8. The first kappa shape index (κ1) is 15.3. The van der Waals surface area contributed by atoms with E-state index in [1.54, 1.807) is 30.1 Å². The Kier molecular flexibility index (Phi) is 5.17. The van der Waals surface area contributed by atoms with Crippen molar-refractivity contribution in [2.75, 3.05) is 7.05 Å². The highest BCUT2D eigenvalue weighted by Gasteiger charge is 2.08. The quantitative estimate of drug-likeness (QED) is 0.915. The zero-order valence-corrected chi connectivity index (χ0v) is 12.4. The van der Waals surface area contributed by atoms with Crippen LogP contribution in [0.2, 0.25) is 5.02 Å². The molecule has 0 spiro atoms. The number of halogens is 2. The van der Waals surface area contributed by atoms with E-state index >= 15 is 0 Å². The molecule has 21 heavy (non-hydrogen) atoms. The van der Waals surface area contributed by atoms with Gasteiger partial charge in [-0.2, -0.15) is 0 Å². The summed E-state index contributed by atoms with van der Waals surface area (Å²) >= 11 is 5.91. The lowest BCUT2D eigenvalue weighted by Crippen LogP contribution is -2.36. The van der Waals surface area contributed by atoms with Crippen molar-refractivity contribution in [3.8, 4) is 0 Å². The normalized spacial score (nSPS) is 10.2. The molecule has 5 heteroatoms. The van der Waals surface area contributed by atoms with E-state index in [2.05, 4.69) is 5.32 Å². The van der Waals surface area contributed by atoms with Crippen molar-refractivity contribution in [1.29, 1.82) is 0 Å². The van der Waals surface area contributed by atoms with Crippen molar-refractivity contribution >= 4 is 17.6 Å². The fourth-order valence-corrected chi connectivity index (χ4v) is 2.11. The molecule has 0 unspecified atom stereocenters. The summed E-state index contributed by atoms with van der Waals surface area (Å²) in [5, 5.41) is 3.43. The Morgan fingerprint density at radius 1 is 1.19 bits per heavy atom. The lowest BCUT2D eigenvalue weighted by atomic mass is 10.2. The van der Waals surface area contributed by atoms with Gasteiger partial charge in [0.1, 0.15) is 5.82 Å². The summed E-state index contributed by atoms with van der Waals surface area (Å²) in [5.41, 5.74) is 1.81. The van der Waals surface area contributed by atoms with E-state index in [-0.39, 0.29) is 11.8 Å². The summed E-state index contributed by atoms with van der Waals surface area (Å²) in [6.07, 6.45) is 0. The Balaban J connectivity index is 1.86. The molecule has 0 fully saturated rings. The van der Waals surface area contributed by atoms with Gasteiger partial charge >= 0.3 is 6.03 Å². The number of nitrogens with one attached hydrogen (secondary N) is 1. The average Bonchev–Trinajstić information content (AvgIpc) is 2.46. The molecule has 2 aromatic rings. The number of hydrogen-bond donors (Lipinski definition) is 1. The molecule has 0 radical (unpaired) electrons. The highest BCUT2D eigenvalue weighted by molar-refractivity contribution is 6.30. The molecule has 0 heterocycles. The summed E-state index contributed by atoms with van der Waals surface area (Å²) in [4.78, 5) is 13.5. The predicted octanol–water partition coefficient (Wildman–Crippen LogP) is 3.82. The molecule has 0 bridgehead atoms. The van der Waals surface area contributed by atoms with E-state index in [4.69, 9.17) is 11.6 Å². The zero-order chi connectivity index (χ0) is 15.2. The number of amides is 2. The van der Waals surface area contributed by atoms with Gasteiger partial charge < -0.3 is 10.2 Å². The van der Waals surface area contributed by atoms with Crippen molar-refractivity contribution in [3.63, 3.8) is 0 Å². The fourth-order valence-electron chi connectivity index (χ4n) is 1.90. The van der Waals surface area contributed by atoms with Gasteiger partial charge in [-0.15, -0.1) is 0 Å². The maximum atomic E-state index is 12.8. The van der Waals surface area contributed by atoms with E-state index in [0.29, 0.717) is 18.1 Å². The van der Waals surface area contributed by atoms with Gasteiger partial charge in [0.05, 0.1) is 0 Å². The van der Waals surface area contributed by atoms with Crippen LogP contribution in [-0.2, 0) is 13.1 Å². The molecule has 110 valence electrons. The molecule has 2 rings (SSSR count). The first-order chi connectivity index (χ1) is 10.0. The van der Waals surface area contributed by atoms with Crippen molar-refractivity contribution in [1.82, 2.24) is 10.2 Å². The van der Waals surface area contributed by atoms with Crippen molar-refractivity contribution in [2.45, 2.75) is 13.1 Å². The molecule has 0 saturated heterocycles. The third-order valence-electron chi connectivity index (χ3n) is 3.01. The monoisotopic (exact) mass is 306 g/mol. The zero-order valence-electron chi connectivity index (χ0n) is 11.6. The molecule has 0 aliphatic heterocycles. The van der Waals surface area contributed by atoms with E-state index in [0.717, 1.165) is 11.1 Å². The number of urea groups is 1. The molecular formula is C16H16ClFN2O. The van der Waals surface area contributed by atoms with Crippen LogP contribution >= 0.6 is 11.6 Å². The number of benzene rings is 2. The number of carbonyl (C=O) groups excluding carboxylic acids is 1. The third kappa shape index (κ3) is 4.76. The van der Waals surface area contributed by atoms with E-state index in [1.807, 2.05) is 18.2 Å². The van der Waals surface area contributed by atoms with Gasteiger partial charge in [-0.25, -0.2) is 9.18 Å². The lowest BCUT2D eigenvalue weighted by Gasteiger charge is -2.18. The smallest absolute Gasteiger partial charge is 0.317 e. The third-order valence-corrected chi connectivity index (χ3v) is 3.25. The molecule has 2 amide bonds. The Bertz CT molecular complexity index is 616. The molecule has 0 aliphatic rings. The van der Waals surface area contributed by atoms with Crippen LogP contribution in [0.4, 0.5) is 9.18 Å². The molecule has 1 N–H and O–H groups in total. The van der Waals surface area contributed by atoms with Crippen molar-refractivity contribution in [3.05, 3.63) is 70.5 Å². The van der Waals surface area contributed by atoms with Crippen LogP contribution in [0.1, 0.15) is 11.1 Å². The van der Waals surface area contributed by atoms with Crippen LogP contribution in [0.5, 0.6) is 0 Å². The van der Waals surface area contributed by atoms with Crippen LogP contribution < -0.4 is 5.32 Å². The van der Waals surface area contributed by atoms with Gasteiger partial charge in [-0.05, 0) is 35.4 Å². The van der Waals surface area contributed by atoms with Gasteiger partial charge in [0.2, 0.25) is 0 Å². The molecular weight excluding hydrogens is 291 g/mol. The minimum absolute atomic E-state index is 0.195. The molecule has 3 nitrogen and oxygen atoms in total. The Morgan fingerprint density at radius 3 is 2.57 bits per heavy atom. The molecule has 0 aromatic heterocycles. The number of nitrogens with zero attached hydrogens (tertiary/aromatic N) is 1. The van der Waals surface area contributed by atoms with Crippen LogP contribution in [0.15, 0.2) is 48.5 Å². The molecule has 2 aromatic carbocycles. The standard InChI is InChI=1S/C16H16ClFN2O/c1-20(11-13-3-2-4-14(17)9-13)16(21)19-10-12-5-7-15(18)8-6-12/h2-9H,10-11H2,1H3,(H,19,21). The molecule has 0 atom stereocenters. The maximum Gasteiger partial charge on any atom is 0.317 e. The fraction of sp³-hybridized carbons (Fsp3) is 0.188. The average molecular weight is 307 g/mol. The van der Waals surface area contributed by atoms with Crippen LogP contribution in [0.25, 0.3) is 0 Å². The summed E-state index contributed by atoms with van der Waals surface area (Å²) in [6.45, 7) is 0.828. The second kappa shape index (κ2) is 7.09. The highest BCUT2D eigenvalue weighted by Crippen LogP contribution is 2.12. The minimum Gasteiger partial charge on any atom is -0.334 e. The minimum atomic E-state index is -0.289. The second-order valence-corrected chi connectivity index (χ2v) is 5.21. The highest BCUT2D eigenvalue weighted by atomic mass is 35.5. The topological polar surface area (TPSA) is 32.3 Å². The largest absolute Gasteiger partial charge is 0.334 e. The Labute approximate surface area is 128 Å². The van der Waals surface area contributed by atoms with Gasteiger partial charge in [0, 0.05) is 25.2 Å². The molecule has 0 saturated carbocycles. The summed E-state index contributed by atoms with van der Waals surface area (Å²) in [7, 11) is 1.71. The lowest BCUT2D eigenvalue weighted by molar-refractivity contribution is 0.206. The number of carbonyl (C=O) groups is 1. The van der Waals surface area contributed by atoms with Crippen LogP contribution in [-0.4, -0.2) is 18.0 Å². The summed E-state index contributed by atoms with van der Waals surface area (Å²) < 4.78 is 12.8. The van der Waals surface area contributed by atoms with Gasteiger partial charge in [-0.3, -0.25) is 0 Å². The predicted molar refractivity (Wildman–Crippen MR) is 81.6 cm³/mol. The van der Waals surface area contributed by atoms with E-state index in [1.165, 1.54) is 12.1 Å². The van der Waals surface area contributed by atoms with E-state index < -0.39 is 0 Å². The van der Waals surface area contributed by atoms with Crippen LogP contribution in [0, 0.1) is 5.82 Å². The second-order valence-electron chi connectivity index (χ2n) is 4.77. The van der Waals surface area contributed by atoms with Crippen molar-refractivity contribution in [2.24, 2.45) is 0 Å². The summed E-state index contributed by atoms with van der Waals surface area (Å²) in [5.74, 6) is -0.289.